The number of phenolic OH excluding ortho intramolecular Hbond substituents is 3. The van der Waals surface area contributed by atoms with E-state index in [2.05, 4.69) is 5.32 Å². The van der Waals surface area contributed by atoms with Crippen molar-refractivity contribution >= 4 is 23.2 Å². The van der Waals surface area contributed by atoms with E-state index in [4.69, 9.17) is 23.2 Å². The molecule has 2 aromatic rings. The fraction of sp³-hybridized carbons (Fsp3) is 0.200. The summed E-state index contributed by atoms with van der Waals surface area (Å²) in [6, 6.07) is 8.24. The molecule has 6 heteroatoms. The van der Waals surface area contributed by atoms with Crippen LogP contribution < -0.4 is 5.32 Å². The molecule has 0 atom stereocenters. The van der Waals surface area contributed by atoms with Crippen LogP contribution in [0, 0.1) is 0 Å². The van der Waals surface area contributed by atoms with Gasteiger partial charge in [0.1, 0.15) is 0 Å². The molecule has 0 aliphatic carbocycles. The third kappa shape index (κ3) is 3.94. The fourth-order valence-electron chi connectivity index (χ4n) is 1.92. The minimum atomic E-state index is -0.505. The van der Waals surface area contributed by atoms with Crippen LogP contribution in [0.25, 0.3) is 0 Å². The van der Waals surface area contributed by atoms with E-state index in [-0.39, 0.29) is 11.5 Å². The van der Waals surface area contributed by atoms with Crippen LogP contribution in [0.2, 0.25) is 10.0 Å². The second-order valence-electron chi connectivity index (χ2n) is 4.60. The van der Waals surface area contributed by atoms with Gasteiger partial charge in [-0.1, -0.05) is 35.3 Å². The molecule has 4 N–H and O–H groups in total. The largest absolute Gasteiger partial charge is 0.504 e. The number of halogens is 2. The lowest BCUT2D eigenvalue weighted by atomic mass is 10.1. The van der Waals surface area contributed by atoms with Gasteiger partial charge in [-0.2, -0.15) is 0 Å². The van der Waals surface area contributed by atoms with Gasteiger partial charge in [0, 0.05) is 22.2 Å². The van der Waals surface area contributed by atoms with Gasteiger partial charge in [0.05, 0.1) is 0 Å². The zero-order valence-corrected chi connectivity index (χ0v) is 12.6. The summed E-state index contributed by atoms with van der Waals surface area (Å²) >= 11 is 11.9. The van der Waals surface area contributed by atoms with E-state index in [9.17, 15) is 15.3 Å². The Kier molecular flexibility index (Phi) is 5.17. The topological polar surface area (TPSA) is 72.7 Å². The Bertz CT molecular complexity index is 647. The average Bonchev–Trinajstić information content (AvgIpc) is 2.45. The number of aromatic hydroxyl groups is 3. The molecule has 112 valence electrons. The molecule has 21 heavy (non-hydrogen) atoms. The third-order valence-electron chi connectivity index (χ3n) is 3.12. The highest BCUT2D eigenvalue weighted by Crippen LogP contribution is 2.36. The Labute approximate surface area is 132 Å². The highest BCUT2D eigenvalue weighted by Gasteiger charge is 2.10. The van der Waals surface area contributed by atoms with Crippen molar-refractivity contribution < 1.29 is 15.3 Å². The van der Waals surface area contributed by atoms with Crippen LogP contribution >= 0.6 is 23.2 Å². The van der Waals surface area contributed by atoms with Crippen molar-refractivity contribution in [1.82, 2.24) is 5.32 Å². The first-order valence-corrected chi connectivity index (χ1v) is 7.12. The summed E-state index contributed by atoms with van der Waals surface area (Å²) < 4.78 is 0. The smallest absolute Gasteiger partial charge is 0.200 e. The van der Waals surface area contributed by atoms with E-state index in [0.717, 1.165) is 5.56 Å². The van der Waals surface area contributed by atoms with E-state index in [1.165, 1.54) is 6.07 Å². The molecule has 0 radical (unpaired) electrons. The second kappa shape index (κ2) is 6.89. The molecule has 0 bridgehead atoms. The number of hydrogen-bond donors (Lipinski definition) is 4. The lowest BCUT2D eigenvalue weighted by Crippen LogP contribution is -2.16. The van der Waals surface area contributed by atoms with Gasteiger partial charge in [0.15, 0.2) is 11.5 Å². The van der Waals surface area contributed by atoms with Gasteiger partial charge in [-0.15, -0.1) is 0 Å². The number of rotatable bonds is 5. The lowest BCUT2D eigenvalue weighted by Gasteiger charge is -2.09. The number of phenols is 3. The van der Waals surface area contributed by atoms with Crippen molar-refractivity contribution in [2.24, 2.45) is 0 Å². The standard InChI is InChI=1S/C15H15Cl2NO3/c16-11-3-1-9(12(17)7-11)5-6-18-8-10-2-4-13(19)15(21)14(10)20/h1-4,7,18-21H,5-6,8H2. The Balaban J connectivity index is 1.89. The van der Waals surface area contributed by atoms with E-state index < -0.39 is 5.75 Å². The van der Waals surface area contributed by atoms with Crippen LogP contribution in [0.5, 0.6) is 17.2 Å². The first kappa shape index (κ1) is 15.8. The molecule has 2 aromatic carbocycles. The van der Waals surface area contributed by atoms with Crippen molar-refractivity contribution in [1.29, 1.82) is 0 Å². The summed E-state index contributed by atoms with van der Waals surface area (Å²) in [6.45, 7) is 1.01. The van der Waals surface area contributed by atoms with Crippen molar-refractivity contribution in [2.75, 3.05) is 6.54 Å². The van der Waals surface area contributed by atoms with E-state index in [1.54, 1.807) is 18.2 Å². The van der Waals surface area contributed by atoms with Crippen LogP contribution in [-0.4, -0.2) is 21.9 Å². The third-order valence-corrected chi connectivity index (χ3v) is 3.70. The Morgan fingerprint density at radius 3 is 2.33 bits per heavy atom. The molecule has 0 aliphatic heterocycles. The summed E-state index contributed by atoms with van der Waals surface area (Å²) in [5, 5.41) is 32.7. The lowest BCUT2D eigenvalue weighted by molar-refractivity contribution is 0.364. The van der Waals surface area contributed by atoms with Crippen molar-refractivity contribution in [3.63, 3.8) is 0 Å². The van der Waals surface area contributed by atoms with Gasteiger partial charge in [0.2, 0.25) is 5.75 Å². The number of hydrogen-bond acceptors (Lipinski definition) is 4. The second-order valence-corrected chi connectivity index (χ2v) is 5.45. The van der Waals surface area contributed by atoms with Crippen LogP contribution in [0.3, 0.4) is 0 Å². The zero-order chi connectivity index (χ0) is 15.4. The normalized spacial score (nSPS) is 10.8. The summed E-state index contributed by atoms with van der Waals surface area (Å²) in [4.78, 5) is 0. The quantitative estimate of drug-likeness (QED) is 0.501. The molecule has 0 saturated carbocycles. The minimum absolute atomic E-state index is 0.313. The molecule has 0 saturated heterocycles. The van der Waals surface area contributed by atoms with Crippen molar-refractivity contribution in [2.45, 2.75) is 13.0 Å². The predicted molar refractivity (Wildman–Crippen MR) is 83.3 cm³/mol. The van der Waals surface area contributed by atoms with Gasteiger partial charge < -0.3 is 20.6 Å². The molecular weight excluding hydrogens is 313 g/mol. The molecular formula is C15H15Cl2NO3. The van der Waals surface area contributed by atoms with Gasteiger partial charge in [-0.3, -0.25) is 0 Å². The molecule has 0 heterocycles. The van der Waals surface area contributed by atoms with Crippen molar-refractivity contribution in [3.05, 3.63) is 51.5 Å². The number of benzene rings is 2. The maximum Gasteiger partial charge on any atom is 0.200 e. The Morgan fingerprint density at radius 1 is 0.905 bits per heavy atom. The van der Waals surface area contributed by atoms with Gasteiger partial charge in [-0.05, 0) is 36.7 Å². The summed E-state index contributed by atoms with van der Waals surface area (Å²) in [6.07, 6.45) is 0.709. The molecule has 0 amide bonds. The molecule has 0 spiro atoms. The van der Waals surface area contributed by atoms with E-state index >= 15 is 0 Å². The van der Waals surface area contributed by atoms with Crippen LogP contribution in [0.1, 0.15) is 11.1 Å². The summed E-state index contributed by atoms with van der Waals surface area (Å²) in [7, 11) is 0. The van der Waals surface area contributed by atoms with Gasteiger partial charge in [-0.25, -0.2) is 0 Å². The highest BCUT2D eigenvalue weighted by atomic mass is 35.5. The Hall–Kier alpha value is -1.62. The summed E-state index contributed by atoms with van der Waals surface area (Å²) in [5.74, 6) is -1.16. The van der Waals surface area contributed by atoms with Crippen LogP contribution in [-0.2, 0) is 13.0 Å². The van der Waals surface area contributed by atoms with Gasteiger partial charge >= 0.3 is 0 Å². The first-order valence-electron chi connectivity index (χ1n) is 6.36. The van der Waals surface area contributed by atoms with E-state index in [0.29, 0.717) is 35.1 Å². The minimum Gasteiger partial charge on any atom is -0.504 e. The fourth-order valence-corrected chi connectivity index (χ4v) is 2.43. The number of nitrogens with one attached hydrogen (secondary N) is 1. The summed E-state index contributed by atoms with van der Waals surface area (Å²) in [5.41, 5.74) is 1.49. The van der Waals surface area contributed by atoms with Gasteiger partial charge in [0.25, 0.3) is 0 Å². The monoisotopic (exact) mass is 327 g/mol. The molecule has 0 fully saturated rings. The SMILES string of the molecule is Oc1ccc(CNCCc2ccc(Cl)cc2Cl)c(O)c1O. The average molecular weight is 328 g/mol. The van der Waals surface area contributed by atoms with Crippen LogP contribution in [0.4, 0.5) is 0 Å². The molecule has 0 unspecified atom stereocenters. The highest BCUT2D eigenvalue weighted by molar-refractivity contribution is 6.35. The van der Waals surface area contributed by atoms with Crippen LogP contribution in [0.15, 0.2) is 30.3 Å². The van der Waals surface area contributed by atoms with Crippen molar-refractivity contribution in [3.8, 4) is 17.2 Å². The molecule has 2 rings (SSSR count). The van der Waals surface area contributed by atoms with E-state index in [1.807, 2.05) is 6.07 Å². The first-order chi connectivity index (χ1) is 9.99. The predicted octanol–water partition coefficient (Wildman–Crippen LogP) is 3.44. The maximum absolute atomic E-state index is 9.68. The maximum atomic E-state index is 9.68. The zero-order valence-electron chi connectivity index (χ0n) is 11.1. The Morgan fingerprint density at radius 2 is 1.62 bits per heavy atom. The molecule has 0 aliphatic rings. The molecule has 4 nitrogen and oxygen atoms in total. The molecule has 0 aromatic heterocycles.